The second-order valence-corrected chi connectivity index (χ2v) is 6.90. The van der Waals surface area contributed by atoms with Crippen LogP contribution < -0.4 is 4.74 Å². The summed E-state index contributed by atoms with van der Waals surface area (Å²) in [5.41, 5.74) is -0.402. The highest BCUT2D eigenvalue weighted by Crippen LogP contribution is 2.47. The van der Waals surface area contributed by atoms with Gasteiger partial charge in [-0.25, -0.2) is 17.6 Å². The maximum Gasteiger partial charge on any atom is 0.316 e. The molecular weight excluding hydrogens is 376 g/mol. The van der Waals surface area contributed by atoms with E-state index in [0.29, 0.717) is 0 Å². The number of ether oxygens (including phenoxy) is 2. The molecule has 3 rings (SSSR count). The first-order valence-electron chi connectivity index (χ1n) is 8.94. The van der Waals surface area contributed by atoms with Crippen LogP contribution in [-0.4, -0.2) is 18.8 Å². The van der Waals surface area contributed by atoms with Crippen LogP contribution in [0.1, 0.15) is 36.8 Å². The van der Waals surface area contributed by atoms with Gasteiger partial charge in [0.1, 0.15) is 6.61 Å². The van der Waals surface area contributed by atoms with E-state index in [1.54, 1.807) is 24.3 Å². The predicted molar refractivity (Wildman–Crippen MR) is 94.3 cm³/mol. The maximum absolute atomic E-state index is 14.2. The Morgan fingerprint density at radius 3 is 2.29 bits per heavy atom. The molecule has 7 heteroatoms. The zero-order valence-corrected chi connectivity index (χ0v) is 15.1. The molecule has 1 saturated carbocycles. The Kier molecular flexibility index (Phi) is 5.91. The molecule has 3 nitrogen and oxygen atoms in total. The SMILES string of the molecule is O=C(OCc1ccccc1)C1(c2ccc(OCF)c(F)c2)CCC(F)(F)CC1. The molecule has 0 radical (unpaired) electrons. The summed E-state index contributed by atoms with van der Waals surface area (Å²) < 4.78 is 64.0. The number of carbonyl (C=O) groups is 1. The minimum atomic E-state index is -2.88. The van der Waals surface area contributed by atoms with E-state index in [4.69, 9.17) is 4.74 Å². The highest BCUT2D eigenvalue weighted by Gasteiger charge is 2.50. The Hall–Kier alpha value is -2.57. The van der Waals surface area contributed by atoms with E-state index < -0.39 is 42.8 Å². The zero-order chi connectivity index (χ0) is 20.2. The molecule has 0 aromatic heterocycles. The molecule has 0 amide bonds. The smallest absolute Gasteiger partial charge is 0.316 e. The van der Waals surface area contributed by atoms with Gasteiger partial charge in [0, 0.05) is 12.8 Å². The lowest BCUT2D eigenvalue weighted by Gasteiger charge is -2.38. The molecular formula is C21H20F4O3. The fourth-order valence-electron chi connectivity index (χ4n) is 3.49. The number of benzene rings is 2. The molecule has 0 aliphatic heterocycles. The van der Waals surface area contributed by atoms with E-state index in [1.807, 2.05) is 6.07 Å². The number of rotatable bonds is 6. The minimum absolute atomic E-state index is 0.0106. The van der Waals surface area contributed by atoms with E-state index in [2.05, 4.69) is 4.74 Å². The van der Waals surface area contributed by atoms with Crippen molar-refractivity contribution in [3.8, 4) is 5.75 Å². The molecule has 0 unspecified atom stereocenters. The van der Waals surface area contributed by atoms with Gasteiger partial charge in [0.05, 0.1) is 5.41 Å². The van der Waals surface area contributed by atoms with Gasteiger partial charge in [-0.15, -0.1) is 0 Å². The third kappa shape index (κ3) is 4.29. The minimum Gasteiger partial charge on any atom is -0.460 e. The van der Waals surface area contributed by atoms with Gasteiger partial charge < -0.3 is 9.47 Å². The van der Waals surface area contributed by atoms with Crippen molar-refractivity contribution in [2.24, 2.45) is 0 Å². The standard InChI is InChI=1S/C21H20F4O3/c22-14-28-18-7-6-16(12-17(18)23)20(8-10-21(24,25)11-9-20)19(26)27-13-15-4-2-1-3-5-15/h1-7,12H,8-11,13-14H2. The van der Waals surface area contributed by atoms with Crippen molar-refractivity contribution in [3.63, 3.8) is 0 Å². The number of carbonyl (C=O) groups excluding carboxylic acids is 1. The molecule has 0 spiro atoms. The van der Waals surface area contributed by atoms with Crippen LogP contribution in [0.2, 0.25) is 0 Å². The van der Waals surface area contributed by atoms with Crippen LogP contribution in [0.25, 0.3) is 0 Å². The van der Waals surface area contributed by atoms with Crippen LogP contribution in [-0.2, 0) is 21.6 Å². The van der Waals surface area contributed by atoms with E-state index in [1.165, 1.54) is 12.1 Å². The van der Waals surface area contributed by atoms with Gasteiger partial charge in [0.2, 0.25) is 12.8 Å². The summed E-state index contributed by atoms with van der Waals surface area (Å²) in [5, 5.41) is 0. The lowest BCUT2D eigenvalue weighted by molar-refractivity contribution is -0.157. The molecule has 0 heterocycles. The molecule has 1 aliphatic carbocycles. The van der Waals surface area contributed by atoms with Gasteiger partial charge in [-0.1, -0.05) is 36.4 Å². The molecule has 2 aromatic carbocycles. The van der Waals surface area contributed by atoms with E-state index in [9.17, 15) is 22.4 Å². The maximum atomic E-state index is 14.2. The van der Waals surface area contributed by atoms with E-state index >= 15 is 0 Å². The molecule has 2 aromatic rings. The molecule has 1 fully saturated rings. The number of halogens is 4. The summed E-state index contributed by atoms with van der Waals surface area (Å²) in [6, 6.07) is 12.6. The summed E-state index contributed by atoms with van der Waals surface area (Å²) in [5.74, 6) is -4.72. The van der Waals surface area contributed by atoms with Crippen molar-refractivity contribution in [2.75, 3.05) is 6.86 Å². The Morgan fingerprint density at radius 2 is 1.68 bits per heavy atom. The van der Waals surface area contributed by atoms with Gasteiger partial charge >= 0.3 is 5.97 Å². The lowest BCUT2D eigenvalue weighted by atomic mass is 9.68. The Bertz CT molecular complexity index is 814. The van der Waals surface area contributed by atoms with Crippen LogP contribution in [0.3, 0.4) is 0 Å². The van der Waals surface area contributed by atoms with Gasteiger partial charge in [-0.05, 0) is 36.1 Å². The van der Waals surface area contributed by atoms with E-state index in [-0.39, 0.29) is 30.8 Å². The molecule has 0 N–H and O–H groups in total. The van der Waals surface area contributed by atoms with Crippen LogP contribution >= 0.6 is 0 Å². The molecule has 0 atom stereocenters. The van der Waals surface area contributed by atoms with Crippen molar-refractivity contribution in [2.45, 2.75) is 43.6 Å². The second kappa shape index (κ2) is 8.20. The summed E-state index contributed by atoms with van der Waals surface area (Å²) in [6.45, 7) is -1.21. The van der Waals surface area contributed by atoms with Crippen LogP contribution in [0.5, 0.6) is 5.75 Å². The van der Waals surface area contributed by atoms with Crippen molar-refractivity contribution in [1.82, 2.24) is 0 Å². The third-order valence-corrected chi connectivity index (χ3v) is 5.13. The third-order valence-electron chi connectivity index (χ3n) is 5.13. The first-order valence-corrected chi connectivity index (χ1v) is 8.94. The largest absolute Gasteiger partial charge is 0.460 e. The van der Waals surface area contributed by atoms with Gasteiger partial charge in [0.15, 0.2) is 11.6 Å². The molecule has 150 valence electrons. The predicted octanol–water partition coefficient (Wildman–Crippen LogP) is 5.32. The van der Waals surface area contributed by atoms with Crippen LogP contribution in [0.15, 0.2) is 48.5 Å². The Balaban J connectivity index is 1.87. The van der Waals surface area contributed by atoms with Gasteiger partial charge in [-0.2, -0.15) is 0 Å². The molecule has 28 heavy (non-hydrogen) atoms. The number of alkyl halides is 3. The monoisotopic (exact) mass is 396 g/mol. The highest BCUT2D eigenvalue weighted by molar-refractivity contribution is 5.83. The Morgan fingerprint density at radius 1 is 1.00 bits per heavy atom. The van der Waals surface area contributed by atoms with Crippen molar-refractivity contribution in [1.29, 1.82) is 0 Å². The van der Waals surface area contributed by atoms with Gasteiger partial charge in [0.25, 0.3) is 0 Å². The lowest BCUT2D eigenvalue weighted by Crippen LogP contribution is -2.43. The fourth-order valence-corrected chi connectivity index (χ4v) is 3.49. The van der Waals surface area contributed by atoms with Crippen molar-refractivity contribution >= 4 is 5.97 Å². The normalized spacial score (nSPS) is 17.7. The van der Waals surface area contributed by atoms with Gasteiger partial charge in [-0.3, -0.25) is 4.79 Å². The summed E-state index contributed by atoms with van der Waals surface area (Å²) in [6.07, 6.45) is -1.34. The summed E-state index contributed by atoms with van der Waals surface area (Å²) in [7, 11) is 0. The fraction of sp³-hybridized carbons (Fsp3) is 0.381. The van der Waals surface area contributed by atoms with E-state index in [0.717, 1.165) is 11.6 Å². The number of esters is 1. The molecule has 0 bridgehead atoms. The van der Waals surface area contributed by atoms with Crippen LogP contribution in [0.4, 0.5) is 17.6 Å². The molecule has 0 saturated heterocycles. The summed E-state index contributed by atoms with van der Waals surface area (Å²) >= 11 is 0. The second-order valence-electron chi connectivity index (χ2n) is 6.90. The number of hydrogen-bond acceptors (Lipinski definition) is 3. The summed E-state index contributed by atoms with van der Waals surface area (Å²) in [4.78, 5) is 12.9. The zero-order valence-electron chi connectivity index (χ0n) is 15.1. The quantitative estimate of drug-likeness (QED) is 0.490. The van der Waals surface area contributed by atoms with Crippen molar-refractivity contribution < 1.29 is 31.8 Å². The molecule has 1 aliphatic rings. The highest BCUT2D eigenvalue weighted by atomic mass is 19.3. The topological polar surface area (TPSA) is 35.5 Å². The Labute approximate surface area is 160 Å². The van der Waals surface area contributed by atoms with Crippen molar-refractivity contribution in [3.05, 3.63) is 65.5 Å². The first kappa shape index (κ1) is 20.2. The number of hydrogen-bond donors (Lipinski definition) is 0. The average Bonchev–Trinajstić information content (AvgIpc) is 2.69. The first-order chi connectivity index (χ1) is 13.4. The average molecular weight is 396 g/mol. The van der Waals surface area contributed by atoms with Crippen LogP contribution in [0, 0.1) is 5.82 Å².